The van der Waals surface area contributed by atoms with Crippen LogP contribution in [0.15, 0.2) is 18.2 Å². The number of pyridine rings is 1. The summed E-state index contributed by atoms with van der Waals surface area (Å²) < 4.78 is 20.0. The Labute approximate surface area is 155 Å². The van der Waals surface area contributed by atoms with Crippen molar-refractivity contribution in [1.82, 2.24) is 4.98 Å². The van der Waals surface area contributed by atoms with Crippen molar-refractivity contribution in [2.75, 3.05) is 0 Å². The number of ether oxygens (including phenoxy) is 1. The van der Waals surface area contributed by atoms with Gasteiger partial charge in [-0.25, -0.2) is 9.37 Å². The van der Waals surface area contributed by atoms with Gasteiger partial charge in [0.05, 0.1) is 16.6 Å². The van der Waals surface area contributed by atoms with Crippen molar-refractivity contribution in [2.45, 2.75) is 66.2 Å². The zero-order chi connectivity index (χ0) is 19.1. The van der Waals surface area contributed by atoms with Crippen LogP contribution in [0.25, 0.3) is 17.0 Å². The number of aromatic nitrogens is 1. The predicted molar refractivity (Wildman–Crippen MR) is 105 cm³/mol. The van der Waals surface area contributed by atoms with Gasteiger partial charge in [0.25, 0.3) is 0 Å². The Morgan fingerprint density at radius 2 is 1.92 bits per heavy atom. The Bertz CT molecular complexity index is 812. The molecule has 2 aromatic rings. The first-order valence-electron chi connectivity index (χ1n) is 9.40. The van der Waals surface area contributed by atoms with Gasteiger partial charge in [-0.15, -0.1) is 0 Å². The number of allylic oxidation sites excluding steroid dienone is 1. The number of rotatable bonds is 8. The summed E-state index contributed by atoms with van der Waals surface area (Å²) in [6.45, 7) is 7.03. The van der Waals surface area contributed by atoms with E-state index in [0.717, 1.165) is 12.8 Å². The first-order chi connectivity index (χ1) is 12.5. The number of unbranched alkanes of at least 4 members (excludes halogenated alkanes) is 5. The van der Waals surface area contributed by atoms with Crippen LogP contribution >= 0.6 is 0 Å². The first-order valence-corrected chi connectivity index (χ1v) is 9.40. The number of carbonyl (C=O) groups excluding carboxylic acids is 1. The fourth-order valence-corrected chi connectivity index (χ4v) is 2.99. The number of hydrogen-bond donors (Lipinski definition) is 0. The summed E-state index contributed by atoms with van der Waals surface area (Å²) in [5.41, 5.74) is 2.39. The minimum absolute atomic E-state index is 0.270. The zero-order valence-corrected chi connectivity index (χ0v) is 16.2. The maximum atomic E-state index is 14.6. The summed E-state index contributed by atoms with van der Waals surface area (Å²) in [7, 11) is 0. The van der Waals surface area contributed by atoms with Gasteiger partial charge < -0.3 is 4.74 Å². The van der Waals surface area contributed by atoms with Crippen LogP contribution in [-0.2, 0) is 4.79 Å². The molecule has 0 radical (unpaired) electrons. The lowest BCUT2D eigenvalue weighted by Crippen LogP contribution is -2.06. The Morgan fingerprint density at radius 3 is 2.62 bits per heavy atom. The number of benzene rings is 1. The molecule has 140 valence electrons. The Balaban J connectivity index is 2.31. The summed E-state index contributed by atoms with van der Waals surface area (Å²) in [4.78, 5) is 16.1. The SMILES string of the molecule is CCCCCCCC=Cc1nc2ccc(C)c(F)c2c(OC(C)=O)c1C. The molecular formula is C22H28FNO2. The number of carbonyl (C=O) groups is 1. The molecule has 0 saturated carbocycles. The molecule has 0 fully saturated rings. The summed E-state index contributed by atoms with van der Waals surface area (Å²) in [5, 5.41) is 0.273. The van der Waals surface area contributed by atoms with E-state index >= 15 is 0 Å². The van der Waals surface area contributed by atoms with Crippen LogP contribution in [0, 0.1) is 19.7 Å². The van der Waals surface area contributed by atoms with Crippen molar-refractivity contribution in [2.24, 2.45) is 0 Å². The molecule has 1 aromatic heterocycles. The van der Waals surface area contributed by atoms with Gasteiger partial charge in [-0.05, 0) is 44.4 Å². The fraction of sp³-hybridized carbons (Fsp3) is 0.455. The van der Waals surface area contributed by atoms with E-state index in [2.05, 4.69) is 18.0 Å². The van der Waals surface area contributed by atoms with Crippen LogP contribution in [-0.4, -0.2) is 11.0 Å². The highest BCUT2D eigenvalue weighted by atomic mass is 19.1. The van der Waals surface area contributed by atoms with E-state index in [1.807, 2.05) is 13.0 Å². The molecule has 0 aliphatic carbocycles. The minimum Gasteiger partial charge on any atom is -0.426 e. The standard InChI is InChI=1S/C22H28FNO2/c1-5-6-7-8-9-10-11-12-18-16(3)22(26-17(4)25)20-19(24-18)14-13-15(2)21(20)23/h11-14H,5-10H2,1-4H3. The maximum absolute atomic E-state index is 14.6. The van der Waals surface area contributed by atoms with Gasteiger partial charge in [0.2, 0.25) is 0 Å². The molecule has 0 aliphatic rings. The molecule has 2 rings (SSSR count). The highest BCUT2D eigenvalue weighted by Crippen LogP contribution is 2.34. The van der Waals surface area contributed by atoms with Gasteiger partial charge in [-0.3, -0.25) is 4.79 Å². The molecule has 0 N–H and O–H groups in total. The second kappa shape index (κ2) is 9.46. The smallest absolute Gasteiger partial charge is 0.308 e. The number of aryl methyl sites for hydroxylation is 1. The summed E-state index contributed by atoms with van der Waals surface area (Å²) >= 11 is 0. The molecule has 4 heteroatoms. The van der Waals surface area contributed by atoms with Crippen molar-refractivity contribution in [3.63, 3.8) is 0 Å². The van der Waals surface area contributed by atoms with Crippen LogP contribution in [0.4, 0.5) is 4.39 Å². The highest BCUT2D eigenvalue weighted by Gasteiger charge is 2.18. The van der Waals surface area contributed by atoms with Crippen LogP contribution < -0.4 is 4.74 Å². The molecule has 0 unspecified atom stereocenters. The predicted octanol–water partition coefficient (Wildman–Crippen LogP) is 6.29. The molecule has 1 heterocycles. The minimum atomic E-state index is -0.465. The zero-order valence-electron chi connectivity index (χ0n) is 16.2. The molecule has 1 aromatic carbocycles. The van der Waals surface area contributed by atoms with Crippen molar-refractivity contribution >= 4 is 22.9 Å². The average molecular weight is 357 g/mol. The summed E-state index contributed by atoms with van der Waals surface area (Å²) in [6.07, 6.45) is 11.2. The van der Waals surface area contributed by atoms with Gasteiger partial charge in [-0.1, -0.05) is 44.7 Å². The second-order valence-corrected chi connectivity index (χ2v) is 6.74. The van der Waals surface area contributed by atoms with E-state index in [1.165, 1.54) is 32.6 Å². The third kappa shape index (κ3) is 4.90. The Hall–Kier alpha value is -2.23. The van der Waals surface area contributed by atoms with Gasteiger partial charge in [0.1, 0.15) is 11.6 Å². The number of esters is 1. The first kappa shape index (κ1) is 20.1. The molecular weight excluding hydrogens is 329 g/mol. The molecule has 0 aliphatic heterocycles. The molecule has 26 heavy (non-hydrogen) atoms. The monoisotopic (exact) mass is 357 g/mol. The van der Waals surface area contributed by atoms with Crippen LogP contribution in [0.3, 0.4) is 0 Å². The number of halogens is 1. The maximum Gasteiger partial charge on any atom is 0.308 e. The lowest BCUT2D eigenvalue weighted by Gasteiger charge is -2.13. The summed E-state index contributed by atoms with van der Waals surface area (Å²) in [6, 6.07) is 3.46. The van der Waals surface area contributed by atoms with E-state index in [-0.39, 0.29) is 17.0 Å². The van der Waals surface area contributed by atoms with Gasteiger partial charge in [0, 0.05) is 12.5 Å². The Kier molecular flexibility index (Phi) is 7.31. The van der Waals surface area contributed by atoms with Crippen LogP contribution in [0.2, 0.25) is 0 Å². The average Bonchev–Trinajstić information content (AvgIpc) is 2.60. The fourth-order valence-electron chi connectivity index (χ4n) is 2.99. The van der Waals surface area contributed by atoms with E-state index in [4.69, 9.17) is 4.74 Å². The lowest BCUT2D eigenvalue weighted by atomic mass is 10.0. The van der Waals surface area contributed by atoms with E-state index in [0.29, 0.717) is 22.3 Å². The van der Waals surface area contributed by atoms with Crippen molar-refractivity contribution in [3.8, 4) is 5.75 Å². The van der Waals surface area contributed by atoms with E-state index in [1.54, 1.807) is 19.1 Å². The molecule has 3 nitrogen and oxygen atoms in total. The quantitative estimate of drug-likeness (QED) is 0.412. The van der Waals surface area contributed by atoms with Crippen molar-refractivity contribution in [1.29, 1.82) is 0 Å². The largest absolute Gasteiger partial charge is 0.426 e. The van der Waals surface area contributed by atoms with Crippen molar-refractivity contribution < 1.29 is 13.9 Å². The Morgan fingerprint density at radius 1 is 1.19 bits per heavy atom. The number of nitrogens with zero attached hydrogens (tertiary/aromatic N) is 1. The van der Waals surface area contributed by atoms with Gasteiger partial charge in [-0.2, -0.15) is 0 Å². The van der Waals surface area contributed by atoms with Gasteiger partial charge >= 0.3 is 5.97 Å². The topological polar surface area (TPSA) is 39.2 Å². The molecule has 0 bridgehead atoms. The van der Waals surface area contributed by atoms with Gasteiger partial charge in [0.15, 0.2) is 0 Å². The molecule has 0 atom stereocenters. The van der Waals surface area contributed by atoms with Crippen molar-refractivity contribution in [3.05, 3.63) is 40.8 Å². The third-order valence-corrected chi connectivity index (χ3v) is 4.50. The molecule has 0 amide bonds. The normalized spacial score (nSPS) is 11.4. The van der Waals surface area contributed by atoms with E-state index in [9.17, 15) is 9.18 Å². The van der Waals surface area contributed by atoms with Crippen LogP contribution in [0.5, 0.6) is 5.75 Å². The van der Waals surface area contributed by atoms with Crippen LogP contribution in [0.1, 0.15) is 69.2 Å². The molecule has 0 spiro atoms. The molecule has 0 saturated heterocycles. The highest BCUT2D eigenvalue weighted by molar-refractivity contribution is 5.91. The lowest BCUT2D eigenvalue weighted by molar-refractivity contribution is -0.131. The third-order valence-electron chi connectivity index (χ3n) is 4.50. The second-order valence-electron chi connectivity index (χ2n) is 6.74. The number of fused-ring (bicyclic) bond motifs is 1. The summed E-state index contributed by atoms with van der Waals surface area (Å²) in [5.74, 6) is -0.584. The van der Waals surface area contributed by atoms with E-state index < -0.39 is 5.97 Å². The number of hydrogen-bond acceptors (Lipinski definition) is 3.